The molecular formula is C16H18N2O2. The van der Waals surface area contributed by atoms with Crippen molar-refractivity contribution in [2.75, 3.05) is 6.54 Å². The number of hydrogen-bond acceptors (Lipinski definition) is 4. The summed E-state index contributed by atoms with van der Waals surface area (Å²) in [7, 11) is 0. The van der Waals surface area contributed by atoms with Crippen molar-refractivity contribution in [3.63, 3.8) is 0 Å². The summed E-state index contributed by atoms with van der Waals surface area (Å²) in [5.74, 6) is -0.127. The Hall–Kier alpha value is -1.75. The number of nitrogens with zero attached hydrogens (tertiary/aromatic N) is 1. The number of aromatic nitrogens is 1. The molecule has 2 atom stereocenters. The van der Waals surface area contributed by atoms with Gasteiger partial charge in [0.05, 0.1) is 19.3 Å². The molecule has 20 heavy (non-hydrogen) atoms. The second-order valence-electron chi connectivity index (χ2n) is 5.09. The lowest BCUT2D eigenvalue weighted by molar-refractivity contribution is 0.134. The highest BCUT2D eigenvalue weighted by Crippen LogP contribution is 2.32. The van der Waals surface area contributed by atoms with Crippen LogP contribution in [0.25, 0.3) is 0 Å². The fourth-order valence-electron chi connectivity index (χ4n) is 2.67. The summed E-state index contributed by atoms with van der Waals surface area (Å²) >= 11 is 0. The maximum Gasteiger partial charge on any atom is 0.0870 e. The van der Waals surface area contributed by atoms with Crippen LogP contribution in [-0.4, -0.2) is 16.6 Å². The molecule has 104 valence electrons. The predicted molar refractivity (Wildman–Crippen MR) is 75.9 cm³/mol. The van der Waals surface area contributed by atoms with Gasteiger partial charge in [-0.3, -0.25) is 4.98 Å². The molecule has 2 unspecified atom stereocenters. The molecule has 0 spiro atoms. The summed E-state index contributed by atoms with van der Waals surface area (Å²) in [6.45, 7) is 1.67. The number of hydrogen-bond donors (Lipinski definition) is 2. The summed E-state index contributed by atoms with van der Waals surface area (Å²) in [5, 5.41) is 10.6. The summed E-state index contributed by atoms with van der Waals surface area (Å²) < 4.78 is 5.41. The van der Waals surface area contributed by atoms with Gasteiger partial charge >= 0.3 is 0 Å². The summed E-state index contributed by atoms with van der Waals surface area (Å²) in [6, 6.07) is 9.81. The third-order valence-corrected chi connectivity index (χ3v) is 3.86. The van der Waals surface area contributed by atoms with Gasteiger partial charge in [-0.2, -0.15) is 0 Å². The second kappa shape index (κ2) is 5.71. The Bertz CT molecular complexity index is 586. The molecule has 0 bridgehead atoms. The smallest absolute Gasteiger partial charge is 0.0870 e. The van der Waals surface area contributed by atoms with E-state index in [1.54, 1.807) is 12.4 Å². The third kappa shape index (κ3) is 2.45. The third-order valence-electron chi connectivity index (χ3n) is 3.86. The number of rotatable bonds is 4. The highest BCUT2D eigenvalue weighted by Gasteiger charge is 2.23. The van der Waals surface area contributed by atoms with E-state index in [2.05, 4.69) is 4.98 Å². The number of pyridine rings is 1. The van der Waals surface area contributed by atoms with Gasteiger partial charge in [-0.1, -0.05) is 18.2 Å². The Morgan fingerprint density at radius 3 is 2.60 bits per heavy atom. The van der Waals surface area contributed by atoms with Crippen molar-refractivity contribution in [3.8, 4) is 0 Å². The van der Waals surface area contributed by atoms with Crippen molar-refractivity contribution < 1.29 is 9.84 Å². The minimum absolute atomic E-state index is 0.127. The molecule has 2 aromatic rings. The van der Waals surface area contributed by atoms with E-state index in [0.717, 1.165) is 16.7 Å². The van der Waals surface area contributed by atoms with Gasteiger partial charge in [0.2, 0.25) is 0 Å². The Morgan fingerprint density at radius 1 is 1.10 bits per heavy atom. The first kappa shape index (κ1) is 13.2. The lowest BCUT2D eigenvalue weighted by Gasteiger charge is -2.22. The lowest BCUT2D eigenvalue weighted by atomic mass is 9.88. The van der Waals surface area contributed by atoms with Crippen LogP contribution in [0.3, 0.4) is 0 Å². The molecule has 4 nitrogen and oxygen atoms in total. The van der Waals surface area contributed by atoms with Gasteiger partial charge in [0.1, 0.15) is 0 Å². The van der Waals surface area contributed by atoms with Gasteiger partial charge in [-0.05, 0) is 34.4 Å². The summed E-state index contributed by atoms with van der Waals surface area (Å²) in [6.07, 6.45) is 2.83. The zero-order valence-electron chi connectivity index (χ0n) is 11.2. The van der Waals surface area contributed by atoms with E-state index < -0.39 is 6.10 Å². The van der Waals surface area contributed by atoms with Gasteiger partial charge in [-0.15, -0.1) is 0 Å². The largest absolute Gasteiger partial charge is 0.388 e. The molecule has 0 fully saturated rings. The second-order valence-corrected chi connectivity index (χ2v) is 5.09. The molecule has 0 aliphatic carbocycles. The molecule has 0 saturated carbocycles. The zero-order valence-corrected chi connectivity index (χ0v) is 11.2. The van der Waals surface area contributed by atoms with Gasteiger partial charge in [0.25, 0.3) is 0 Å². The standard InChI is InChI=1S/C16H18N2O2/c17-8-15(11-3-5-18-6-4-11)16(19)12-1-2-13-9-20-10-14(13)7-12/h1-7,15-16,19H,8-10,17H2. The van der Waals surface area contributed by atoms with E-state index in [1.165, 1.54) is 5.56 Å². The minimum atomic E-state index is -0.617. The number of aliphatic hydroxyl groups excluding tert-OH is 1. The highest BCUT2D eigenvalue weighted by molar-refractivity contribution is 5.35. The van der Waals surface area contributed by atoms with Crippen molar-refractivity contribution in [1.82, 2.24) is 4.98 Å². The lowest BCUT2D eigenvalue weighted by Crippen LogP contribution is -2.20. The van der Waals surface area contributed by atoms with E-state index in [1.807, 2.05) is 30.3 Å². The molecule has 4 heteroatoms. The molecule has 0 radical (unpaired) electrons. The molecule has 2 heterocycles. The van der Waals surface area contributed by atoms with Crippen LogP contribution in [0.15, 0.2) is 42.7 Å². The average Bonchev–Trinajstić information content (AvgIpc) is 2.96. The quantitative estimate of drug-likeness (QED) is 0.890. The molecule has 1 aliphatic rings. The molecule has 0 amide bonds. The first-order valence-corrected chi connectivity index (χ1v) is 6.77. The van der Waals surface area contributed by atoms with Gasteiger partial charge in [-0.25, -0.2) is 0 Å². The van der Waals surface area contributed by atoms with Crippen LogP contribution in [0.2, 0.25) is 0 Å². The van der Waals surface area contributed by atoms with Crippen molar-refractivity contribution in [1.29, 1.82) is 0 Å². The zero-order chi connectivity index (χ0) is 13.9. The molecule has 0 saturated heterocycles. The normalized spacial score (nSPS) is 16.7. The first-order valence-electron chi connectivity index (χ1n) is 6.77. The molecule has 1 aromatic heterocycles. The van der Waals surface area contributed by atoms with E-state index in [0.29, 0.717) is 19.8 Å². The molecule has 3 rings (SSSR count). The van der Waals surface area contributed by atoms with Crippen LogP contribution in [0.5, 0.6) is 0 Å². The van der Waals surface area contributed by atoms with Crippen molar-refractivity contribution in [2.45, 2.75) is 25.2 Å². The summed E-state index contributed by atoms with van der Waals surface area (Å²) in [5.41, 5.74) is 10.1. The van der Waals surface area contributed by atoms with Crippen molar-refractivity contribution >= 4 is 0 Å². The monoisotopic (exact) mass is 270 g/mol. The molecule has 1 aliphatic heterocycles. The average molecular weight is 270 g/mol. The van der Waals surface area contributed by atoms with Gasteiger partial charge in [0.15, 0.2) is 0 Å². The number of ether oxygens (including phenoxy) is 1. The number of aliphatic hydroxyl groups is 1. The topological polar surface area (TPSA) is 68.4 Å². The number of fused-ring (bicyclic) bond motifs is 1. The van der Waals surface area contributed by atoms with Crippen LogP contribution in [0.4, 0.5) is 0 Å². The Kier molecular flexibility index (Phi) is 3.78. The van der Waals surface area contributed by atoms with Crippen LogP contribution < -0.4 is 5.73 Å². The maximum absolute atomic E-state index is 10.6. The fraction of sp³-hybridized carbons (Fsp3) is 0.312. The van der Waals surface area contributed by atoms with Crippen LogP contribution in [0.1, 0.15) is 34.3 Å². The van der Waals surface area contributed by atoms with Gasteiger partial charge < -0.3 is 15.6 Å². The van der Waals surface area contributed by atoms with E-state index in [4.69, 9.17) is 10.5 Å². The highest BCUT2D eigenvalue weighted by atomic mass is 16.5. The molecule has 3 N–H and O–H groups in total. The van der Waals surface area contributed by atoms with E-state index >= 15 is 0 Å². The van der Waals surface area contributed by atoms with E-state index in [9.17, 15) is 5.11 Å². The Morgan fingerprint density at radius 2 is 1.85 bits per heavy atom. The van der Waals surface area contributed by atoms with Crippen molar-refractivity contribution in [3.05, 3.63) is 65.0 Å². The van der Waals surface area contributed by atoms with Crippen LogP contribution in [0, 0.1) is 0 Å². The first-order chi connectivity index (χ1) is 9.79. The Labute approximate surface area is 118 Å². The number of nitrogens with two attached hydrogens (primary N) is 1. The Balaban J connectivity index is 1.89. The van der Waals surface area contributed by atoms with Crippen molar-refractivity contribution in [2.24, 2.45) is 5.73 Å². The molecule has 1 aromatic carbocycles. The minimum Gasteiger partial charge on any atom is -0.388 e. The maximum atomic E-state index is 10.6. The number of benzene rings is 1. The van der Waals surface area contributed by atoms with Gasteiger partial charge in [0, 0.05) is 24.9 Å². The van der Waals surface area contributed by atoms with Crippen LogP contribution >= 0.6 is 0 Å². The summed E-state index contributed by atoms with van der Waals surface area (Å²) in [4.78, 5) is 4.00. The predicted octanol–water partition coefficient (Wildman–Crippen LogP) is 1.89. The van der Waals surface area contributed by atoms with E-state index in [-0.39, 0.29) is 5.92 Å². The fourth-order valence-corrected chi connectivity index (χ4v) is 2.67. The molecular weight excluding hydrogens is 252 g/mol. The SMILES string of the molecule is NCC(c1ccncc1)C(O)c1ccc2c(c1)COC2. The van der Waals surface area contributed by atoms with Crippen LogP contribution in [-0.2, 0) is 18.0 Å².